The van der Waals surface area contributed by atoms with Crippen molar-refractivity contribution in [3.63, 3.8) is 0 Å². The second-order valence-electron chi connectivity index (χ2n) is 5.01. The van der Waals surface area contributed by atoms with E-state index < -0.39 is 0 Å². The predicted octanol–water partition coefficient (Wildman–Crippen LogP) is 3.55. The monoisotopic (exact) mass is 231 g/mol. The van der Waals surface area contributed by atoms with Gasteiger partial charge in [-0.2, -0.15) is 0 Å². The molecule has 0 radical (unpaired) electrons. The van der Waals surface area contributed by atoms with Gasteiger partial charge in [0.25, 0.3) is 0 Å². The lowest BCUT2D eigenvalue weighted by atomic mass is 9.92. The average Bonchev–Trinajstić information content (AvgIpc) is 2.66. The molecule has 0 spiro atoms. The Labute approximate surface area is 103 Å². The minimum absolute atomic E-state index is 0.347. The molecular formula is C15H21NO. The summed E-state index contributed by atoms with van der Waals surface area (Å²) in [4.78, 5) is 16.1. The molecule has 0 aliphatic heterocycles. The summed E-state index contributed by atoms with van der Waals surface area (Å²) < 4.78 is 0. The molecule has 1 aromatic heterocycles. The van der Waals surface area contributed by atoms with Gasteiger partial charge in [0.05, 0.1) is 0 Å². The van der Waals surface area contributed by atoms with Gasteiger partial charge in [0.1, 0.15) is 5.78 Å². The van der Waals surface area contributed by atoms with Crippen LogP contribution in [0.15, 0.2) is 24.5 Å². The van der Waals surface area contributed by atoms with Crippen LogP contribution in [0.4, 0.5) is 0 Å². The number of aromatic nitrogens is 1. The van der Waals surface area contributed by atoms with E-state index in [1.165, 1.54) is 31.2 Å². The summed E-state index contributed by atoms with van der Waals surface area (Å²) in [5, 5.41) is 0. The molecule has 0 amide bonds. The fourth-order valence-corrected chi connectivity index (χ4v) is 2.62. The zero-order chi connectivity index (χ0) is 11.9. The van der Waals surface area contributed by atoms with Crippen LogP contribution in [0, 0.1) is 5.92 Å². The third kappa shape index (κ3) is 3.95. The Balaban J connectivity index is 1.80. The molecule has 1 heterocycles. The van der Waals surface area contributed by atoms with Crippen molar-refractivity contribution in [2.45, 2.75) is 51.4 Å². The van der Waals surface area contributed by atoms with Gasteiger partial charge in [-0.05, 0) is 37.0 Å². The number of aryl methyl sites for hydroxylation is 1. The van der Waals surface area contributed by atoms with Crippen molar-refractivity contribution < 1.29 is 4.79 Å². The molecule has 17 heavy (non-hydrogen) atoms. The number of Topliss-reactive ketones (excluding diaryl/α,β-unsaturated/α-hetero) is 1. The molecule has 0 bridgehead atoms. The lowest BCUT2D eigenvalue weighted by molar-refractivity contribution is -0.123. The van der Waals surface area contributed by atoms with Crippen LogP contribution in [-0.2, 0) is 11.2 Å². The van der Waals surface area contributed by atoms with Gasteiger partial charge >= 0.3 is 0 Å². The molecule has 1 aliphatic rings. The van der Waals surface area contributed by atoms with E-state index in [1.54, 1.807) is 12.4 Å². The number of nitrogens with zero attached hydrogens (tertiary/aromatic N) is 1. The molecule has 0 unspecified atom stereocenters. The van der Waals surface area contributed by atoms with Crippen molar-refractivity contribution in [1.82, 2.24) is 4.98 Å². The molecule has 1 saturated carbocycles. The van der Waals surface area contributed by atoms with E-state index in [0.29, 0.717) is 18.1 Å². The molecule has 0 aromatic carbocycles. The first kappa shape index (κ1) is 12.3. The maximum atomic E-state index is 12.1. The van der Waals surface area contributed by atoms with Crippen molar-refractivity contribution in [1.29, 1.82) is 0 Å². The van der Waals surface area contributed by atoms with Gasteiger partial charge in [0, 0.05) is 24.7 Å². The molecule has 2 nitrogen and oxygen atoms in total. The smallest absolute Gasteiger partial charge is 0.136 e. The Morgan fingerprint density at radius 2 is 1.76 bits per heavy atom. The first-order valence-corrected chi connectivity index (χ1v) is 6.78. The summed E-state index contributed by atoms with van der Waals surface area (Å²) in [7, 11) is 0. The summed E-state index contributed by atoms with van der Waals surface area (Å²) in [6.07, 6.45) is 12.5. The van der Waals surface area contributed by atoms with Gasteiger partial charge in [-0.3, -0.25) is 9.78 Å². The summed E-state index contributed by atoms with van der Waals surface area (Å²) in [6, 6.07) is 4.00. The average molecular weight is 231 g/mol. The maximum absolute atomic E-state index is 12.1. The van der Waals surface area contributed by atoms with Gasteiger partial charge in [0.15, 0.2) is 0 Å². The van der Waals surface area contributed by atoms with Gasteiger partial charge in [-0.25, -0.2) is 0 Å². The molecule has 0 N–H and O–H groups in total. The van der Waals surface area contributed by atoms with Crippen LogP contribution < -0.4 is 0 Å². The van der Waals surface area contributed by atoms with Crippen LogP contribution in [0.25, 0.3) is 0 Å². The van der Waals surface area contributed by atoms with E-state index >= 15 is 0 Å². The number of ketones is 1. The molecule has 92 valence electrons. The fourth-order valence-electron chi connectivity index (χ4n) is 2.62. The summed E-state index contributed by atoms with van der Waals surface area (Å²) >= 11 is 0. The number of carbonyl (C=O) groups excluding carboxylic acids is 1. The number of hydrogen-bond donors (Lipinski definition) is 0. The van der Waals surface area contributed by atoms with Gasteiger partial charge in [-0.15, -0.1) is 0 Å². The highest BCUT2D eigenvalue weighted by atomic mass is 16.1. The highest BCUT2D eigenvalue weighted by Crippen LogP contribution is 2.24. The molecule has 1 fully saturated rings. The lowest BCUT2D eigenvalue weighted by Gasteiger charge is -2.12. The highest BCUT2D eigenvalue weighted by Gasteiger charge is 2.19. The van der Waals surface area contributed by atoms with Crippen LogP contribution in [0.5, 0.6) is 0 Å². The molecule has 0 atom stereocenters. The Morgan fingerprint density at radius 1 is 1.12 bits per heavy atom. The molecule has 2 rings (SSSR count). The summed E-state index contributed by atoms with van der Waals surface area (Å²) in [5.74, 6) is 0.822. The van der Waals surface area contributed by atoms with Gasteiger partial charge < -0.3 is 0 Å². The van der Waals surface area contributed by atoms with Crippen LogP contribution in [0.2, 0.25) is 0 Å². The third-order valence-corrected chi connectivity index (χ3v) is 3.72. The van der Waals surface area contributed by atoms with Crippen molar-refractivity contribution in [3.05, 3.63) is 30.1 Å². The predicted molar refractivity (Wildman–Crippen MR) is 68.8 cm³/mol. The first-order chi connectivity index (χ1) is 8.36. The van der Waals surface area contributed by atoms with Crippen molar-refractivity contribution in [3.8, 4) is 0 Å². The quantitative estimate of drug-likeness (QED) is 0.742. The zero-order valence-electron chi connectivity index (χ0n) is 10.4. The molecule has 1 aromatic rings. The minimum Gasteiger partial charge on any atom is -0.299 e. The van der Waals surface area contributed by atoms with E-state index in [9.17, 15) is 4.79 Å². The van der Waals surface area contributed by atoms with E-state index in [4.69, 9.17) is 0 Å². The fraction of sp³-hybridized carbons (Fsp3) is 0.600. The topological polar surface area (TPSA) is 30.0 Å². The summed E-state index contributed by atoms with van der Waals surface area (Å²) in [5.41, 5.74) is 1.22. The molecule has 0 saturated heterocycles. The molecular weight excluding hydrogens is 210 g/mol. The zero-order valence-corrected chi connectivity index (χ0v) is 10.4. The number of rotatable bonds is 4. The first-order valence-electron chi connectivity index (χ1n) is 6.78. The van der Waals surface area contributed by atoms with Crippen LogP contribution >= 0.6 is 0 Å². The third-order valence-electron chi connectivity index (χ3n) is 3.72. The van der Waals surface area contributed by atoms with Crippen molar-refractivity contribution in [2.75, 3.05) is 0 Å². The van der Waals surface area contributed by atoms with E-state index in [-0.39, 0.29) is 0 Å². The number of carbonyl (C=O) groups is 1. The van der Waals surface area contributed by atoms with E-state index in [0.717, 1.165) is 19.3 Å². The van der Waals surface area contributed by atoms with Crippen molar-refractivity contribution in [2.24, 2.45) is 5.92 Å². The SMILES string of the molecule is O=C(CCc1ccncc1)C1CCCCCC1. The second-order valence-corrected chi connectivity index (χ2v) is 5.01. The highest BCUT2D eigenvalue weighted by molar-refractivity contribution is 5.81. The Kier molecular flexibility index (Phi) is 4.72. The maximum Gasteiger partial charge on any atom is 0.136 e. The van der Waals surface area contributed by atoms with Gasteiger partial charge in [0.2, 0.25) is 0 Å². The second kappa shape index (κ2) is 6.53. The van der Waals surface area contributed by atoms with Crippen LogP contribution in [0.3, 0.4) is 0 Å². The lowest BCUT2D eigenvalue weighted by Crippen LogP contribution is -2.14. The standard InChI is InChI=1S/C15H21NO/c17-15(14-5-3-1-2-4-6-14)8-7-13-9-11-16-12-10-13/h9-12,14H,1-8H2. The van der Waals surface area contributed by atoms with E-state index in [2.05, 4.69) is 4.98 Å². The van der Waals surface area contributed by atoms with E-state index in [1.807, 2.05) is 12.1 Å². The van der Waals surface area contributed by atoms with Crippen LogP contribution in [-0.4, -0.2) is 10.8 Å². The van der Waals surface area contributed by atoms with Crippen LogP contribution in [0.1, 0.15) is 50.5 Å². The largest absolute Gasteiger partial charge is 0.299 e. The molecule has 2 heteroatoms. The van der Waals surface area contributed by atoms with Gasteiger partial charge in [-0.1, -0.05) is 25.7 Å². The molecule has 1 aliphatic carbocycles. The Morgan fingerprint density at radius 3 is 2.41 bits per heavy atom. The summed E-state index contributed by atoms with van der Waals surface area (Å²) in [6.45, 7) is 0. The minimum atomic E-state index is 0.347. The van der Waals surface area contributed by atoms with Crippen molar-refractivity contribution >= 4 is 5.78 Å². The Bertz CT molecular complexity index is 339. The number of hydrogen-bond acceptors (Lipinski definition) is 2. The normalized spacial score (nSPS) is 17.6. The Hall–Kier alpha value is -1.18. The number of pyridine rings is 1.